The van der Waals surface area contributed by atoms with Crippen molar-refractivity contribution < 1.29 is 18.1 Å². The summed E-state index contributed by atoms with van der Waals surface area (Å²) in [6, 6.07) is 1.72. The van der Waals surface area contributed by atoms with E-state index in [4.69, 9.17) is 10.3 Å². The van der Waals surface area contributed by atoms with Gasteiger partial charge in [-0.2, -0.15) is 8.42 Å². The Hall–Kier alpha value is -1.38. The second-order valence-corrected chi connectivity index (χ2v) is 6.30. The number of phenols is 1. The lowest BCUT2D eigenvalue weighted by Gasteiger charge is -2.01. The standard InChI is InChI=1S/C9H10N2OS.CH4O3S/c1-4-3-6(12)5(2)8-7(4)11-9(10)13-8;1-5(2,3)4/h3,12H,1-2H3,(H2,10,11);1H3,(H,2,3,4). The first-order valence-corrected chi connectivity index (χ1v) is 7.53. The van der Waals surface area contributed by atoms with Gasteiger partial charge in [0.2, 0.25) is 0 Å². The molecular formula is C10H14N2O4S2. The molecule has 4 N–H and O–H groups in total. The zero-order valence-corrected chi connectivity index (χ0v) is 11.8. The number of nitrogens with two attached hydrogens (primary N) is 1. The van der Waals surface area contributed by atoms with Crippen LogP contribution >= 0.6 is 11.3 Å². The molecule has 8 heteroatoms. The van der Waals surface area contributed by atoms with Gasteiger partial charge in [-0.3, -0.25) is 4.55 Å². The Bertz CT molecular complexity index is 669. The molecule has 0 aliphatic heterocycles. The minimum atomic E-state index is -3.67. The number of aromatic nitrogens is 1. The van der Waals surface area contributed by atoms with Crippen LogP contribution in [0.3, 0.4) is 0 Å². The van der Waals surface area contributed by atoms with Crippen molar-refractivity contribution in [1.82, 2.24) is 4.98 Å². The largest absolute Gasteiger partial charge is 0.508 e. The van der Waals surface area contributed by atoms with Gasteiger partial charge in [-0.05, 0) is 25.5 Å². The van der Waals surface area contributed by atoms with Gasteiger partial charge in [0.1, 0.15) is 5.75 Å². The molecule has 0 atom stereocenters. The van der Waals surface area contributed by atoms with Crippen LogP contribution in [0.1, 0.15) is 11.1 Å². The summed E-state index contributed by atoms with van der Waals surface area (Å²) in [5.41, 5.74) is 8.33. The van der Waals surface area contributed by atoms with E-state index in [-0.39, 0.29) is 0 Å². The summed E-state index contributed by atoms with van der Waals surface area (Å²) in [6.45, 7) is 3.79. The summed E-state index contributed by atoms with van der Waals surface area (Å²) >= 11 is 1.41. The molecular weight excluding hydrogens is 276 g/mol. The lowest BCUT2D eigenvalue weighted by Crippen LogP contribution is -1.88. The van der Waals surface area contributed by atoms with Crippen LogP contribution in [-0.2, 0) is 10.1 Å². The molecule has 18 heavy (non-hydrogen) atoms. The van der Waals surface area contributed by atoms with E-state index in [0.717, 1.165) is 21.3 Å². The first-order valence-electron chi connectivity index (χ1n) is 4.87. The van der Waals surface area contributed by atoms with Crippen molar-refractivity contribution in [3.05, 3.63) is 17.2 Å². The number of rotatable bonds is 0. The number of fused-ring (bicyclic) bond motifs is 1. The molecule has 0 saturated carbocycles. The zero-order chi connectivity index (χ0) is 14.1. The van der Waals surface area contributed by atoms with Gasteiger partial charge < -0.3 is 10.8 Å². The first kappa shape index (κ1) is 14.7. The van der Waals surface area contributed by atoms with Crippen LogP contribution in [0.5, 0.6) is 5.75 Å². The Morgan fingerprint density at radius 1 is 1.39 bits per heavy atom. The third kappa shape index (κ3) is 3.83. The highest BCUT2D eigenvalue weighted by Gasteiger charge is 2.10. The molecule has 0 aliphatic carbocycles. The van der Waals surface area contributed by atoms with Crippen molar-refractivity contribution in [3.63, 3.8) is 0 Å². The molecule has 0 spiro atoms. The molecule has 1 aromatic carbocycles. The van der Waals surface area contributed by atoms with Gasteiger partial charge in [-0.15, -0.1) is 0 Å². The number of nitrogen functional groups attached to an aromatic ring is 1. The minimum Gasteiger partial charge on any atom is -0.508 e. The molecule has 0 bridgehead atoms. The van der Waals surface area contributed by atoms with E-state index in [0.29, 0.717) is 17.1 Å². The van der Waals surface area contributed by atoms with Crippen LogP contribution < -0.4 is 5.73 Å². The molecule has 2 rings (SSSR count). The van der Waals surface area contributed by atoms with Crippen LogP contribution in [0.15, 0.2) is 6.07 Å². The highest BCUT2D eigenvalue weighted by atomic mass is 32.2. The number of phenolic OH excluding ortho intramolecular Hbond substituents is 1. The fourth-order valence-corrected chi connectivity index (χ4v) is 2.26. The van der Waals surface area contributed by atoms with E-state index in [1.165, 1.54) is 11.3 Å². The van der Waals surface area contributed by atoms with E-state index in [1.54, 1.807) is 6.07 Å². The van der Waals surface area contributed by atoms with Gasteiger partial charge in [-0.1, -0.05) is 11.3 Å². The zero-order valence-electron chi connectivity index (χ0n) is 10.1. The molecule has 100 valence electrons. The number of nitrogens with zero attached hydrogens (tertiary/aromatic N) is 1. The second-order valence-electron chi connectivity index (χ2n) is 3.80. The Morgan fingerprint density at radius 2 is 1.89 bits per heavy atom. The fraction of sp³-hybridized carbons (Fsp3) is 0.300. The Kier molecular flexibility index (Phi) is 4.15. The van der Waals surface area contributed by atoms with Crippen LogP contribution in [0.4, 0.5) is 5.13 Å². The fourth-order valence-electron chi connectivity index (χ4n) is 1.36. The predicted octanol–water partition coefficient (Wildman–Crippen LogP) is 1.70. The summed E-state index contributed by atoms with van der Waals surface area (Å²) in [5.74, 6) is 0.314. The lowest BCUT2D eigenvalue weighted by molar-refractivity contribution is 0.472. The number of hydrogen-bond acceptors (Lipinski definition) is 6. The molecule has 0 fully saturated rings. The maximum atomic E-state index is 9.55. The normalized spacial score (nSPS) is 11.1. The van der Waals surface area contributed by atoms with E-state index < -0.39 is 10.1 Å². The van der Waals surface area contributed by atoms with Crippen molar-refractivity contribution in [2.24, 2.45) is 0 Å². The predicted molar refractivity (Wildman–Crippen MR) is 72.6 cm³/mol. The summed E-state index contributed by atoms with van der Waals surface area (Å²) in [5, 5.41) is 10.1. The average molecular weight is 290 g/mol. The Labute approximate surface area is 109 Å². The maximum Gasteiger partial charge on any atom is 0.261 e. The third-order valence-corrected chi connectivity index (χ3v) is 3.10. The van der Waals surface area contributed by atoms with Gasteiger partial charge in [0, 0.05) is 5.56 Å². The van der Waals surface area contributed by atoms with Gasteiger partial charge >= 0.3 is 0 Å². The summed E-state index contributed by atoms with van der Waals surface area (Å²) in [7, 11) is -3.67. The average Bonchev–Trinajstić information content (AvgIpc) is 2.55. The van der Waals surface area contributed by atoms with Crippen molar-refractivity contribution in [2.75, 3.05) is 12.0 Å². The monoisotopic (exact) mass is 290 g/mol. The molecule has 0 saturated heterocycles. The van der Waals surface area contributed by atoms with Gasteiger partial charge in [-0.25, -0.2) is 4.98 Å². The number of thiazole rings is 1. The Morgan fingerprint density at radius 3 is 2.39 bits per heavy atom. The molecule has 0 unspecified atom stereocenters. The SMILES string of the molecule is CS(=O)(=O)O.Cc1cc(O)c(C)c2sc(N)nc12. The van der Waals surface area contributed by atoms with E-state index in [1.807, 2.05) is 13.8 Å². The van der Waals surface area contributed by atoms with E-state index in [2.05, 4.69) is 4.98 Å². The van der Waals surface area contributed by atoms with Crippen molar-refractivity contribution >= 4 is 36.8 Å². The minimum absolute atomic E-state index is 0.314. The number of aryl methyl sites for hydroxylation is 2. The maximum absolute atomic E-state index is 9.55. The first-order chi connectivity index (χ1) is 8.09. The lowest BCUT2D eigenvalue weighted by atomic mass is 10.1. The third-order valence-electron chi connectivity index (χ3n) is 2.10. The van der Waals surface area contributed by atoms with E-state index in [9.17, 15) is 13.5 Å². The quantitative estimate of drug-likeness (QED) is 0.636. The van der Waals surface area contributed by atoms with Crippen LogP contribution in [0.25, 0.3) is 10.2 Å². The number of hydrogen-bond donors (Lipinski definition) is 3. The van der Waals surface area contributed by atoms with Gasteiger partial charge in [0.05, 0.1) is 16.5 Å². The number of aromatic hydroxyl groups is 1. The second kappa shape index (κ2) is 5.09. The van der Waals surface area contributed by atoms with Crippen LogP contribution in [-0.4, -0.2) is 29.3 Å². The summed E-state index contributed by atoms with van der Waals surface area (Å²) < 4.78 is 26.8. The molecule has 0 radical (unpaired) electrons. The topological polar surface area (TPSA) is 114 Å². The smallest absolute Gasteiger partial charge is 0.261 e. The van der Waals surface area contributed by atoms with Crippen LogP contribution in [0.2, 0.25) is 0 Å². The van der Waals surface area contributed by atoms with Crippen molar-refractivity contribution in [2.45, 2.75) is 13.8 Å². The summed E-state index contributed by atoms with van der Waals surface area (Å²) in [4.78, 5) is 4.20. The molecule has 0 amide bonds. The molecule has 1 aromatic heterocycles. The molecule has 2 aromatic rings. The summed E-state index contributed by atoms with van der Waals surface area (Å²) in [6.07, 6.45) is 0.715. The highest BCUT2D eigenvalue weighted by Crippen LogP contribution is 2.34. The number of benzene rings is 1. The van der Waals surface area contributed by atoms with Gasteiger partial charge in [0.15, 0.2) is 5.13 Å². The van der Waals surface area contributed by atoms with Gasteiger partial charge in [0.25, 0.3) is 10.1 Å². The molecule has 1 heterocycles. The van der Waals surface area contributed by atoms with Crippen molar-refractivity contribution in [3.8, 4) is 5.75 Å². The molecule has 0 aliphatic rings. The highest BCUT2D eigenvalue weighted by molar-refractivity contribution is 7.85. The number of anilines is 1. The Balaban J connectivity index is 0.000000280. The van der Waals surface area contributed by atoms with Crippen LogP contribution in [0, 0.1) is 13.8 Å². The molecule has 6 nitrogen and oxygen atoms in total. The van der Waals surface area contributed by atoms with E-state index >= 15 is 0 Å². The van der Waals surface area contributed by atoms with Crippen molar-refractivity contribution in [1.29, 1.82) is 0 Å².